The lowest BCUT2D eigenvalue weighted by Crippen LogP contribution is -2.53. The van der Waals surface area contributed by atoms with Crippen molar-refractivity contribution >= 4 is 35.5 Å². The fraction of sp³-hybridized carbons (Fsp3) is 0.846. The van der Waals surface area contributed by atoms with Crippen molar-refractivity contribution in [1.29, 1.82) is 0 Å². The SMILES string of the molecule is CCSCC(C)NC(=O)N1C(C(=O)O)CSC1C(C)C. The Kier molecular flexibility index (Phi) is 7.02. The number of thioether (sulfide) groups is 2. The highest BCUT2D eigenvalue weighted by Crippen LogP contribution is 2.34. The van der Waals surface area contributed by atoms with Crippen LogP contribution in [-0.4, -0.2) is 56.7 Å². The van der Waals surface area contributed by atoms with Crippen LogP contribution in [0.4, 0.5) is 4.79 Å². The lowest BCUT2D eigenvalue weighted by molar-refractivity contribution is -0.141. The van der Waals surface area contributed by atoms with E-state index in [1.54, 1.807) is 23.5 Å². The number of hydrogen-bond acceptors (Lipinski definition) is 4. The van der Waals surface area contributed by atoms with Crippen LogP contribution in [0.5, 0.6) is 0 Å². The number of nitrogens with one attached hydrogen (secondary N) is 1. The topological polar surface area (TPSA) is 69.6 Å². The molecular formula is C13H24N2O3S2. The van der Waals surface area contributed by atoms with E-state index in [1.807, 2.05) is 20.8 Å². The van der Waals surface area contributed by atoms with Gasteiger partial charge in [-0.3, -0.25) is 4.90 Å². The first-order valence-electron chi connectivity index (χ1n) is 6.89. The molecule has 1 aliphatic heterocycles. The molecule has 5 nitrogen and oxygen atoms in total. The summed E-state index contributed by atoms with van der Waals surface area (Å²) in [6.45, 7) is 8.05. The molecule has 1 heterocycles. The minimum Gasteiger partial charge on any atom is -0.480 e. The van der Waals surface area contributed by atoms with Crippen molar-refractivity contribution in [2.45, 2.75) is 45.2 Å². The van der Waals surface area contributed by atoms with Crippen LogP contribution in [0.1, 0.15) is 27.7 Å². The zero-order chi connectivity index (χ0) is 15.3. The molecule has 0 aromatic heterocycles. The van der Waals surface area contributed by atoms with E-state index in [2.05, 4.69) is 12.2 Å². The van der Waals surface area contributed by atoms with Gasteiger partial charge in [-0.25, -0.2) is 9.59 Å². The van der Waals surface area contributed by atoms with Gasteiger partial charge in [-0.15, -0.1) is 11.8 Å². The van der Waals surface area contributed by atoms with Crippen LogP contribution in [0.3, 0.4) is 0 Å². The second-order valence-electron chi connectivity index (χ2n) is 5.24. The molecule has 7 heteroatoms. The van der Waals surface area contributed by atoms with Gasteiger partial charge in [0.15, 0.2) is 0 Å². The molecule has 116 valence electrons. The Balaban J connectivity index is 2.71. The zero-order valence-corrected chi connectivity index (χ0v) is 14.1. The van der Waals surface area contributed by atoms with E-state index in [-0.39, 0.29) is 23.4 Å². The second-order valence-corrected chi connectivity index (χ2v) is 7.71. The minimum atomic E-state index is -0.925. The van der Waals surface area contributed by atoms with Crippen LogP contribution < -0.4 is 5.32 Å². The quantitative estimate of drug-likeness (QED) is 0.786. The summed E-state index contributed by atoms with van der Waals surface area (Å²) in [7, 11) is 0. The maximum absolute atomic E-state index is 12.4. The van der Waals surface area contributed by atoms with Crippen LogP contribution in [0.2, 0.25) is 0 Å². The van der Waals surface area contributed by atoms with Gasteiger partial charge >= 0.3 is 12.0 Å². The number of carbonyl (C=O) groups excluding carboxylic acids is 1. The van der Waals surface area contributed by atoms with Crippen LogP contribution in [-0.2, 0) is 4.79 Å². The summed E-state index contributed by atoms with van der Waals surface area (Å²) < 4.78 is 0. The molecule has 1 fully saturated rings. The standard InChI is InChI=1S/C13H24N2O3S2/c1-5-19-6-9(4)14-13(18)15-10(12(16)17)7-20-11(15)8(2)3/h8-11H,5-7H2,1-4H3,(H,14,18)(H,16,17). The zero-order valence-electron chi connectivity index (χ0n) is 12.5. The van der Waals surface area contributed by atoms with E-state index < -0.39 is 12.0 Å². The summed E-state index contributed by atoms with van der Waals surface area (Å²) in [6, 6.07) is -0.941. The molecule has 0 aliphatic carbocycles. The van der Waals surface area contributed by atoms with Crippen LogP contribution in [0, 0.1) is 5.92 Å². The monoisotopic (exact) mass is 320 g/mol. The molecule has 2 amide bonds. The van der Waals surface area contributed by atoms with Gasteiger partial charge in [0.05, 0.1) is 5.37 Å². The van der Waals surface area contributed by atoms with Crippen molar-refractivity contribution < 1.29 is 14.7 Å². The Morgan fingerprint density at radius 3 is 2.60 bits per heavy atom. The third-order valence-electron chi connectivity index (χ3n) is 3.07. The molecule has 20 heavy (non-hydrogen) atoms. The third kappa shape index (κ3) is 4.48. The highest BCUT2D eigenvalue weighted by Gasteiger charge is 2.43. The number of nitrogens with zero attached hydrogens (tertiary/aromatic N) is 1. The second kappa shape index (κ2) is 8.02. The summed E-state index contributed by atoms with van der Waals surface area (Å²) in [5.41, 5.74) is 0. The van der Waals surface area contributed by atoms with E-state index in [1.165, 1.54) is 4.90 Å². The number of carboxylic acid groups (broad SMARTS) is 1. The minimum absolute atomic E-state index is 0.0420. The van der Waals surface area contributed by atoms with Gasteiger partial charge in [-0.05, 0) is 18.6 Å². The Bertz CT molecular complexity index is 353. The van der Waals surface area contributed by atoms with E-state index in [0.717, 1.165) is 11.5 Å². The van der Waals surface area contributed by atoms with Gasteiger partial charge in [0.2, 0.25) is 0 Å². The third-order valence-corrected chi connectivity index (χ3v) is 5.83. The Morgan fingerprint density at radius 2 is 2.10 bits per heavy atom. The predicted octanol–water partition coefficient (Wildman–Crippen LogP) is 2.32. The van der Waals surface area contributed by atoms with Crippen molar-refractivity contribution in [2.24, 2.45) is 5.92 Å². The number of urea groups is 1. The van der Waals surface area contributed by atoms with E-state index >= 15 is 0 Å². The Hall–Kier alpha value is -0.560. The fourth-order valence-corrected chi connectivity index (χ4v) is 4.25. The molecule has 1 saturated heterocycles. The molecule has 0 spiro atoms. The van der Waals surface area contributed by atoms with Crippen LogP contribution >= 0.6 is 23.5 Å². The van der Waals surface area contributed by atoms with Gasteiger partial charge in [0.25, 0.3) is 0 Å². The summed E-state index contributed by atoms with van der Waals surface area (Å²) in [5.74, 6) is 1.62. The van der Waals surface area contributed by atoms with Crippen molar-refractivity contribution in [1.82, 2.24) is 10.2 Å². The molecule has 0 radical (unpaired) electrons. The summed E-state index contributed by atoms with van der Waals surface area (Å²) in [4.78, 5) is 25.2. The number of amides is 2. The predicted molar refractivity (Wildman–Crippen MR) is 85.3 cm³/mol. The molecule has 3 unspecified atom stereocenters. The van der Waals surface area contributed by atoms with E-state index in [4.69, 9.17) is 0 Å². The van der Waals surface area contributed by atoms with Gasteiger partial charge in [-0.1, -0.05) is 20.8 Å². The molecule has 0 aromatic rings. The molecule has 1 rings (SSSR count). The van der Waals surface area contributed by atoms with Gasteiger partial charge in [-0.2, -0.15) is 11.8 Å². The Labute approximate surface area is 129 Å². The summed E-state index contributed by atoms with van der Waals surface area (Å²) in [5, 5.41) is 12.1. The number of aliphatic carboxylic acids is 1. The lowest BCUT2D eigenvalue weighted by atomic mass is 10.1. The van der Waals surface area contributed by atoms with Gasteiger partial charge < -0.3 is 10.4 Å². The summed E-state index contributed by atoms with van der Waals surface area (Å²) in [6.07, 6.45) is 0. The largest absolute Gasteiger partial charge is 0.480 e. The first kappa shape index (κ1) is 17.5. The molecule has 2 N–H and O–H groups in total. The number of carbonyl (C=O) groups is 2. The van der Waals surface area contributed by atoms with Gasteiger partial charge in [0, 0.05) is 17.5 Å². The summed E-state index contributed by atoms with van der Waals surface area (Å²) >= 11 is 3.31. The van der Waals surface area contributed by atoms with Crippen molar-refractivity contribution in [3.05, 3.63) is 0 Å². The smallest absolute Gasteiger partial charge is 0.327 e. The highest BCUT2D eigenvalue weighted by atomic mass is 32.2. The fourth-order valence-electron chi connectivity index (χ4n) is 2.11. The molecule has 0 saturated carbocycles. The first-order valence-corrected chi connectivity index (χ1v) is 9.09. The van der Waals surface area contributed by atoms with Crippen molar-refractivity contribution in [2.75, 3.05) is 17.3 Å². The average Bonchev–Trinajstić information content (AvgIpc) is 2.81. The van der Waals surface area contributed by atoms with Crippen molar-refractivity contribution in [3.8, 4) is 0 Å². The number of carboxylic acids is 1. The Morgan fingerprint density at radius 1 is 1.45 bits per heavy atom. The maximum Gasteiger partial charge on any atom is 0.327 e. The average molecular weight is 320 g/mol. The highest BCUT2D eigenvalue weighted by molar-refractivity contribution is 8.00. The van der Waals surface area contributed by atoms with Crippen LogP contribution in [0.25, 0.3) is 0 Å². The van der Waals surface area contributed by atoms with Gasteiger partial charge in [0.1, 0.15) is 6.04 Å². The molecule has 0 aromatic carbocycles. The van der Waals surface area contributed by atoms with Crippen molar-refractivity contribution in [3.63, 3.8) is 0 Å². The molecule has 0 bridgehead atoms. The maximum atomic E-state index is 12.4. The van der Waals surface area contributed by atoms with Crippen LogP contribution in [0.15, 0.2) is 0 Å². The molecule has 3 atom stereocenters. The first-order chi connectivity index (χ1) is 9.38. The molecule has 1 aliphatic rings. The number of hydrogen-bond donors (Lipinski definition) is 2. The lowest BCUT2D eigenvalue weighted by Gasteiger charge is -2.31. The number of rotatable bonds is 6. The molecular weight excluding hydrogens is 296 g/mol. The van der Waals surface area contributed by atoms with E-state index in [0.29, 0.717) is 5.75 Å². The van der Waals surface area contributed by atoms with E-state index in [9.17, 15) is 14.7 Å². The normalized spacial score (nSPS) is 23.9.